The van der Waals surface area contributed by atoms with Crippen LogP contribution in [0.3, 0.4) is 0 Å². The highest BCUT2D eigenvalue weighted by molar-refractivity contribution is 5.82. The second kappa shape index (κ2) is 5.61. The molecule has 5 heteroatoms. The summed E-state index contributed by atoms with van der Waals surface area (Å²) in [6.45, 7) is 5.14. The number of rotatable bonds is 2. The molecule has 2 heterocycles. The molecule has 16 heavy (non-hydrogen) atoms. The first kappa shape index (κ1) is 11.8. The van der Waals surface area contributed by atoms with Gasteiger partial charge in [0.2, 0.25) is 5.91 Å². The number of piperazine rings is 1. The Hall–Kier alpha value is -0.650. The van der Waals surface area contributed by atoms with Gasteiger partial charge in [0.15, 0.2) is 0 Å². The second-order valence-corrected chi connectivity index (χ2v) is 4.69. The molecule has 2 saturated heterocycles. The fourth-order valence-electron chi connectivity index (χ4n) is 2.12. The highest BCUT2D eigenvalue weighted by atomic mass is 16.5. The van der Waals surface area contributed by atoms with Gasteiger partial charge >= 0.3 is 0 Å². The normalized spacial score (nSPS) is 35.7. The molecule has 0 bridgehead atoms. The summed E-state index contributed by atoms with van der Waals surface area (Å²) in [5, 5.41) is 9.58. The number of nitrogens with one attached hydrogen (secondary N) is 3. The van der Waals surface area contributed by atoms with Crippen molar-refractivity contribution in [1.82, 2.24) is 16.0 Å². The smallest absolute Gasteiger partial charge is 0.238 e. The summed E-state index contributed by atoms with van der Waals surface area (Å²) in [5.74, 6) is 0.0925. The van der Waals surface area contributed by atoms with Crippen LogP contribution in [0, 0.1) is 0 Å². The van der Waals surface area contributed by atoms with Gasteiger partial charge in [-0.15, -0.1) is 0 Å². The molecule has 0 aromatic carbocycles. The lowest BCUT2D eigenvalue weighted by atomic mass is 10.1. The first-order chi connectivity index (χ1) is 7.75. The average molecular weight is 227 g/mol. The summed E-state index contributed by atoms with van der Waals surface area (Å²) in [5.41, 5.74) is 0. The molecule has 0 saturated carbocycles. The maximum Gasteiger partial charge on any atom is 0.238 e. The van der Waals surface area contributed by atoms with E-state index in [1.165, 1.54) is 0 Å². The highest BCUT2D eigenvalue weighted by Crippen LogP contribution is 2.06. The van der Waals surface area contributed by atoms with Gasteiger partial charge in [0.1, 0.15) is 0 Å². The van der Waals surface area contributed by atoms with Gasteiger partial charge < -0.3 is 20.7 Å². The van der Waals surface area contributed by atoms with E-state index in [2.05, 4.69) is 22.9 Å². The Balaban J connectivity index is 1.74. The van der Waals surface area contributed by atoms with Gasteiger partial charge in [-0.05, 0) is 19.8 Å². The number of carbonyl (C=O) groups is 1. The van der Waals surface area contributed by atoms with E-state index in [-0.39, 0.29) is 18.0 Å². The molecule has 2 fully saturated rings. The third-order valence-electron chi connectivity index (χ3n) is 3.16. The first-order valence-corrected chi connectivity index (χ1v) is 6.10. The van der Waals surface area contributed by atoms with Crippen LogP contribution in [0.2, 0.25) is 0 Å². The van der Waals surface area contributed by atoms with E-state index in [1.54, 1.807) is 0 Å². The van der Waals surface area contributed by atoms with Crippen LogP contribution in [0.15, 0.2) is 0 Å². The lowest BCUT2D eigenvalue weighted by Gasteiger charge is -2.30. The van der Waals surface area contributed by atoms with Crippen molar-refractivity contribution in [3.63, 3.8) is 0 Å². The van der Waals surface area contributed by atoms with Crippen molar-refractivity contribution in [3.05, 3.63) is 0 Å². The van der Waals surface area contributed by atoms with Crippen molar-refractivity contribution in [2.45, 2.75) is 37.9 Å². The van der Waals surface area contributed by atoms with E-state index in [0.29, 0.717) is 19.2 Å². The van der Waals surface area contributed by atoms with Gasteiger partial charge in [-0.25, -0.2) is 0 Å². The van der Waals surface area contributed by atoms with Crippen LogP contribution in [0.5, 0.6) is 0 Å². The zero-order valence-corrected chi connectivity index (χ0v) is 9.79. The van der Waals surface area contributed by atoms with Gasteiger partial charge in [0.25, 0.3) is 0 Å². The van der Waals surface area contributed by atoms with Crippen LogP contribution in [0.4, 0.5) is 0 Å². The summed E-state index contributed by atoms with van der Waals surface area (Å²) in [6.07, 6.45) is 2.07. The van der Waals surface area contributed by atoms with Crippen LogP contribution in [0.25, 0.3) is 0 Å². The number of amides is 1. The first-order valence-electron chi connectivity index (χ1n) is 6.10. The minimum Gasteiger partial charge on any atom is -0.379 e. The third-order valence-corrected chi connectivity index (χ3v) is 3.16. The lowest BCUT2D eigenvalue weighted by Crippen LogP contribution is -2.60. The van der Waals surface area contributed by atoms with Crippen molar-refractivity contribution in [3.8, 4) is 0 Å². The summed E-state index contributed by atoms with van der Waals surface area (Å²) in [4.78, 5) is 11.9. The van der Waals surface area contributed by atoms with Crippen molar-refractivity contribution >= 4 is 5.91 Å². The monoisotopic (exact) mass is 227 g/mol. The highest BCUT2D eigenvalue weighted by Gasteiger charge is 2.25. The molecule has 1 amide bonds. The van der Waals surface area contributed by atoms with E-state index in [4.69, 9.17) is 4.74 Å². The Kier molecular flexibility index (Phi) is 4.15. The number of carbonyl (C=O) groups excluding carboxylic acids is 1. The SMILES string of the molecule is CC1CNC(C(=O)NC2CCCOC2)CN1. The minimum atomic E-state index is -0.0990. The maximum absolute atomic E-state index is 11.9. The topological polar surface area (TPSA) is 62.4 Å². The van der Waals surface area contributed by atoms with E-state index in [0.717, 1.165) is 26.0 Å². The summed E-state index contributed by atoms with van der Waals surface area (Å²) < 4.78 is 5.34. The minimum absolute atomic E-state index is 0.0925. The zero-order valence-electron chi connectivity index (χ0n) is 9.79. The van der Waals surface area contributed by atoms with Crippen LogP contribution in [0.1, 0.15) is 19.8 Å². The molecule has 92 valence electrons. The molecule has 3 unspecified atom stereocenters. The largest absolute Gasteiger partial charge is 0.379 e. The molecule has 0 aromatic rings. The molecule has 0 spiro atoms. The van der Waals surface area contributed by atoms with Crippen molar-refractivity contribution in [2.75, 3.05) is 26.3 Å². The van der Waals surface area contributed by atoms with Crippen molar-refractivity contribution in [1.29, 1.82) is 0 Å². The fraction of sp³-hybridized carbons (Fsp3) is 0.909. The quantitative estimate of drug-likeness (QED) is 0.580. The van der Waals surface area contributed by atoms with Gasteiger partial charge in [-0.3, -0.25) is 4.79 Å². The van der Waals surface area contributed by atoms with Gasteiger partial charge in [0, 0.05) is 25.7 Å². The van der Waals surface area contributed by atoms with Crippen LogP contribution >= 0.6 is 0 Å². The Labute approximate surface area is 96.3 Å². The molecule has 3 N–H and O–H groups in total. The molecule has 0 radical (unpaired) electrons. The van der Waals surface area contributed by atoms with Crippen LogP contribution in [-0.2, 0) is 9.53 Å². The number of hydrogen-bond acceptors (Lipinski definition) is 4. The van der Waals surface area contributed by atoms with Crippen molar-refractivity contribution in [2.24, 2.45) is 0 Å². The van der Waals surface area contributed by atoms with Crippen LogP contribution in [-0.4, -0.2) is 50.3 Å². The maximum atomic E-state index is 11.9. The average Bonchev–Trinajstić information content (AvgIpc) is 2.31. The second-order valence-electron chi connectivity index (χ2n) is 4.69. The molecule has 3 atom stereocenters. The number of hydrogen-bond donors (Lipinski definition) is 3. The lowest BCUT2D eigenvalue weighted by molar-refractivity contribution is -0.125. The molecular formula is C11H21N3O2. The van der Waals surface area contributed by atoms with Gasteiger partial charge in [-0.2, -0.15) is 0 Å². The molecular weight excluding hydrogens is 206 g/mol. The summed E-state index contributed by atoms with van der Waals surface area (Å²) in [6, 6.07) is 0.544. The van der Waals surface area contributed by atoms with E-state index >= 15 is 0 Å². The summed E-state index contributed by atoms with van der Waals surface area (Å²) in [7, 11) is 0. The van der Waals surface area contributed by atoms with E-state index in [9.17, 15) is 4.79 Å². The molecule has 2 rings (SSSR count). The molecule has 0 aromatic heterocycles. The molecule has 5 nitrogen and oxygen atoms in total. The van der Waals surface area contributed by atoms with Crippen molar-refractivity contribution < 1.29 is 9.53 Å². The molecule has 2 aliphatic heterocycles. The standard InChI is InChI=1S/C11H21N3O2/c1-8-5-13-10(6-12-8)11(15)14-9-3-2-4-16-7-9/h8-10,12-13H,2-7H2,1H3,(H,14,15). The fourth-order valence-corrected chi connectivity index (χ4v) is 2.12. The number of ether oxygens (including phenoxy) is 1. The Morgan fingerprint density at radius 2 is 2.25 bits per heavy atom. The molecule has 0 aliphatic carbocycles. The Bertz CT molecular complexity index is 233. The van der Waals surface area contributed by atoms with Crippen LogP contribution < -0.4 is 16.0 Å². The Morgan fingerprint density at radius 1 is 1.38 bits per heavy atom. The summed E-state index contributed by atoms with van der Waals surface area (Å²) >= 11 is 0. The predicted octanol–water partition coefficient (Wildman–Crippen LogP) is -0.768. The Morgan fingerprint density at radius 3 is 2.88 bits per heavy atom. The van der Waals surface area contributed by atoms with E-state index in [1.807, 2.05) is 0 Å². The zero-order chi connectivity index (χ0) is 11.4. The van der Waals surface area contributed by atoms with E-state index < -0.39 is 0 Å². The molecule has 2 aliphatic rings. The van der Waals surface area contributed by atoms with Gasteiger partial charge in [0.05, 0.1) is 18.7 Å². The predicted molar refractivity (Wildman–Crippen MR) is 61.2 cm³/mol. The third kappa shape index (κ3) is 3.17. The van der Waals surface area contributed by atoms with Gasteiger partial charge in [-0.1, -0.05) is 0 Å².